The van der Waals surface area contributed by atoms with Crippen molar-refractivity contribution in [2.75, 3.05) is 12.4 Å². The van der Waals surface area contributed by atoms with Crippen molar-refractivity contribution in [2.24, 2.45) is 0 Å². The van der Waals surface area contributed by atoms with E-state index in [1.165, 1.54) is 11.3 Å². The number of rotatable bonds is 8. The molecule has 4 heteroatoms. The lowest BCUT2D eigenvalue weighted by atomic mass is 9.81. The van der Waals surface area contributed by atoms with Crippen LogP contribution in [0.1, 0.15) is 52.0 Å². The van der Waals surface area contributed by atoms with E-state index in [1.807, 2.05) is 5.83 Å². The van der Waals surface area contributed by atoms with E-state index in [4.69, 9.17) is 5.11 Å². The number of carboxylic acids is 1. The van der Waals surface area contributed by atoms with Crippen LogP contribution in [0.5, 0.6) is 0 Å². The van der Waals surface area contributed by atoms with Crippen LogP contribution in [-0.4, -0.2) is 23.5 Å². The number of benzene rings is 1. The highest BCUT2D eigenvalue weighted by atomic mass is 79.9. The second kappa shape index (κ2) is 10.8. The minimum Gasteiger partial charge on any atom is -0.481 e. The second-order valence-electron chi connectivity index (χ2n) is 5.67. The maximum atomic E-state index is 10.4. The maximum Gasteiger partial charge on any atom is 0.303 e. The van der Waals surface area contributed by atoms with Gasteiger partial charge in [0.1, 0.15) is 5.69 Å². The first-order valence-electron chi connectivity index (χ1n) is 7.49. The van der Waals surface area contributed by atoms with E-state index in [9.17, 15) is 4.79 Å². The molecule has 21 heavy (non-hydrogen) atoms. The first-order valence-corrected chi connectivity index (χ1v) is 9.08. The molecular formula is C17H29BrNO2+. The summed E-state index contributed by atoms with van der Waals surface area (Å²) in [6, 6.07) is 8.52. The van der Waals surface area contributed by atoms with E-state index in [0.29, 0.717) is 0 Å². The number of unbranched alkanes of at least 4 members (excludes halogenated alkanes) is 1. The average Bonchev–Trinajstić information content (AvgIpc) is 2.49. The molecule has 0 heterocycles. The summed E-state index contributed by atoms with van der Waals surface area (Å²) >= 11 is 2.94. The molecule has 1 aromatic rings. The molecule has 0 unspecified atom stereocenters. The minimum atomic E-state index is -0.701. The average molecular weight is 359 g/mol. The Balaban J connectivity index is 0.00000191. The molecule has 0 spiro atoms. The number of halogens is 1. The Morgan fingerprint density at radius 3 is 2.43 bits per heavy atom. The van der Waals surface area contributed by atoms with Crippen molar-refractivity contribution in [1.29, 1.82) is 0 Å². The number of aliphatic carboxylic acids is 1. The van der Waals surface area contributed by atoms with Crippen molar-refractivity contribution in [1.82, 2.24) is 0 Å². The number of carboxylic acid groups (broad SMARTS) is 1. The first kappa shape index (κ1) is 20.1. The molecule has 0 aliphatic rings. The molecule has 0 bridgehead atoms. The Morgan fingerprint density at radius 2 is 1.86 bits per heavy atom. The van der Waals surface area contributed by atoms with Crippen molar-refractivity contribution in [2.45, 2.75) is 51.9 Å². The van der Waals surface area contributed by atoms with Gasteiger partial charge in [0, 0.05) is 12.0 Å². The molecule has 0 aromatic heterocycles. The molecule has 3 nitrogen and oxygen atoms in total. The fraction of sp³-hybridized carbons (Fsp3) is 0.588. The van der Waals surface area contributed by atoms with Crippen LogP contribution >= 0.6 is 15.9 Å². The summed E-state index contributed by atoms with van der Waals surface area (Å²) in [5.74, 6) is 1.11. The van der Waals surface area contributed by atoms with Crippen molar-refractivity contribution < 1.29 is 15.2 Å². The van der Waals surface area contributed by atoms with Gasteiger partial charge in [0.15, 0.2) is 0 Å². The Kier molecular flexibility index (Phi) is 10.4. The molecule has 0 saturated heterocycles. The number of para-hydroxylation sites is 1. The zero-order chi connectivity index (χ0) is 16.3. The van der Waals surface area contributed by atoms with Crippen molar-refractivity contribution in [3.8, 4) is 0 Å². The van der Waals surface area contributed by atoms with Crippen LogP contribution in [0, 0.1) is 0 Å². The first-order chi connectivity index (χ1) is 9.97. The summed E-state index contributed by atoms with van der Waals surface area (Å²) in [6.07, 6.45) is 3.07. The minimum absolute atomic E-state index is 0.189. The van der Waals surface area contributed by atoms with Gasteiger partial charge < -0.3 is 10.4 Å². The van der Waals surface area contributed by atoms with Crippen LogP contribution in [0.2, 0.25) is 0 Å². The largest absolute Gasteiger partial charge is 0.481 e. The topological polar surface area (TPSA) is 53.9 Å². The van der Waals surface area contributed by atoms with E-state index in [-0.39, 0.29) is 11.8 Å². The Labute approximate surface area is 137 Å². The summed E-state index contributed by atoms with van der Waals surface area (Å²) in [5, 5.41) is 10.8. The van der Waals surface area contributed by atoms with E-state index in [2.05, 4.69) is 66.3 Å². The molecule has 0 saturated carbocycles. The predicted octanol–water partition coefficient (Wildman–Crippen LogP) is 3.84. The van der Waals surface area contributed by atoms with Gasteiger partial charge in [-0.3, -0.25) is 4.79 Å². The Hall–Kier alpha value is -0.870. The second-order valence-corrected chi connectivity index (χ2v) is 5.67. The molecule has 0 fully saturated rings. The van der Waals surface area contributed by atoms with Crippen LogP contribution in [0.3, 0.4) is 0 Å². The summed E-state index contributed by atoms with van der Waals surface area (Å²) in [6.45, 7) is 7.70. The summed E-state index contributed by atoms with van der Waals surface area (Å²) in [4.78, 5) is 10.4. The molecule has 0 aliphatic heterocycles. The zero-order valence-electron chi connectivity index (χ0n) is 13.7. The highest BCUT2D eigenvalue weighted by Crippen LogP contribution is 2.30. The van der Waals surface area contributed by atoms with Crippen molar-refractivity contribution in [3.63, 3.8) is 0 Å². The van der Waals surface area contributed by atoms with Gasteiger partial charge in [0.25, 0.3) is 0 Å². The van der Waals surface area contributed by atoms with Gasteiger partial charge in [-0.25, -0.2) is 0 Å². The fourth-order valence-electron chi connectivity index (χ4n) is 2.16. The predicted molar refractivity (Wildman–Crippen MR) is 92.5 cm³/mol. The van der Waals surface area contributed by atoms with E-state index in [0.717, 1.165) is 25.8 Å². The van der Waals surface area contributed by atoms with Gasteiger partial charge in [-0.2, -0.15) is 0 Å². The summed E-state index contributed by atoms with van der Waals surface area (Å²) in [5.41, 5.74) is 2.87. The maximum absolute atomic E-state index is 10.4. The lowest BCUT2D eigenvalue weighted by Crippen LogP contribution is -2.78. The molecular weight excluding hydrogens is 330 g/mol. The smallest absolute Gasteiger partial charge is 0.303 e. The van der Waals surface area contributed by atoms with Crippen LogP contribution in [0.15, 0.2) is 24.3 Å². The van der Waals surface area contributed by atoms with Gasteiger partial charge in [-0.1, -0.05) is 54.9 Å². The van der Waals surface area contributed by atoms with Crippen molar-refractivity contribution in [3.05, 3.63) is 29.8 Å². The van der Waals surface area contributed by atoms with Gasteiger partial charge >= 0.3 is 5.97 Å². The zero-order valence-corrected chi connectivity index (χ0v) is 15.2. The molecule has 1 aromatic carbocycles. The molecule has 0 aliphatic carbocycles. The van der Waals surface area contributed by atoms with Gasteiger partial charge in [-0.15, -0.1) is 0 Å². The number of hydrogen-bond donors (Lipinski definition) is 2. The third-order valence-corrected chi connectivity index (χ3v) is 3.78. The molecule has 120 valence electrons. The quantitative estimate of drug-likeness (QED) is 0.421. The van der Waals surface area contributed by atoms with Crippen LogP contribution in [0.25, 0.3) is 0 Å². The number of nitrogens with two attached hydrogens (primary N) is 1. The summed E-state index contributed by atoms with van der Waals surface area (Å²) < 4.78 is 0. The van der Waals surface area contributed by atoms with E-state index in [1.54, 1.807) is 0 Å². The SMILES string of the molecule is CBr.CCC(C)(C)c1ccccc1[NH2+]CCCCC(=O)O. The lowest BCUT2D eigenvalue weighted by Gasteiger charge is -2.24. The van der Waals surface area contributed by atoms with E-state index >= 15 is 0 Å². The van der Waals surface area contributed by atoms with Crippen LogP contribution in [-0.2, 0) is 10.2 Å². The standard InChI is InChI=1S/C16H25NO2.CH3Br/c1-4-16(2,3)13-9-5-6-10-14(13)17-12-8-7-11-15(18)19;1-2/h5-6,9-10,17H,4,7-8,11-12H2,1-3H3,(H,18,19);1H3/p+1. The van der Waals surface area contributed by atoms with Crippen LogP contribution < -0.4 is 5.32 Å². The third-order valence-electron chi connectivity index (χ3n) is 3.78. The number of hydrogen-bond acceptors (Lipinski definition) is 1. The highest BCUT2D eigenvalue weighted by molar-refractivity contribution is 9.08. The van der Waals surface area contributed by atoms with Crippen molar-refractivity contribution >= 4 is 27.6 Å². The molecule has 1 rings (SSSR count). The molecule has 3 N–H and O–H groups in total. The Bertz CT molecular complexity index is 419. The van der Waals surface area contributed by atoms with Crippen LogP contribution in [0.4, 0.5) is 5.69 Å². The summed E-state index contributed by atoms with van der Waals surface area (Å²) in [7, 11) is 0. The fourth-order valence-corrected chi connectivity index (χ4v) is 2.16. The molecule has 0 radical (unpaired) electrons. The highest BCUT2D eigenvalue weighted by Gasteiger charge is 2.22. The number of alkyl halides is 1. The van der Waals surface area contributed by atoms with Gasteiger partial charge in [0.2, 0.25) is 0 Å². The van der Waals surface area contributed by atoms with E-state index < -0.39 is 5.97 Å². The lowest BCUT2D eigenvalue weighted by molar-refractivity contribution is -0.572. The number of carbonyl (C=O) groups is 1. The number of quaternary nitrogens is 1. The van der Waals surface area contributed by atoms with Gasteiger partial charge in [0.05, 0.1) is 6.54 Å². The monoisotopic (exact) mass is 358 g/mol. The molecule has 0 atom stereocenters. The normalized spacial score (nSPS) is 10.7. The molecule has 0 amide bonds. The van der Waals surface area contributed by atoms with Gasteiger partial charge in [-0.05, 0) is 36.6 Å². The third kappa shape index (κ3) is 7.63. The Morgan fingerprint density at radius 1 is 1.24 bits per heavy atom.